The van der Waals surface area contributed by atoms with Gasteiger partial charge in [-0.25, -0.2) is 9.78 Å². The number of rotatable bonds is 2. The number of hydrogen-bond acceptors (Lipinski definition) is 5. The Morgan fingerprint density at radius 3 is 2.86 bits per heavy atom. The molecule has 0 saturated carbocycles. The van der Waals surface area contributed by atoms with E-state index in [-0.39, 0.29) is 5.69 Å². The smallest absolute Gasteiger partial charge is 0.326 e. The zero-order chi connectivity index (χ0) is 15.7. The number of aromatic amines is 3. The summed E-state index contributed by atoms with van der Waals surface area (Å²) in [5.41, 5.74) is -0.512. The number of aryl methyl sites for hydroxylation is 1. The highest BCUT2D eigenvalue weighted by molar-refractivity contribution is 5.92. The third-order valence-corrected chi connectivity index (χ3v) is 3.42. The Morgan fingerprint density at radius 2 is 2.18 bits per heavy atom. The lowest BCUT2D eigenvalue weighted by Gasteiger charge is -2.34. The Kier molecular flexibility index (Phi) is 3.63. The van der Waals surface area contributed by atoms with Crippen molar-refractivity contribution in [3.63, 3.8) is 0 Å². The molecule has 3 heterocycles. The highest BCUT2D eigenvalue weighted by Gasteiger charge is 2.31. The molecule has 3 N–H and O–H groups in total. The summed E-state index contributed by atoms with van der Waals surface area (Å²) in [6.45, 7) is 2.89. The summed E-state index contributed by atoms with van der Waals surface area (Å²) in [4.78, 5) is 48.5. The van der Waals surface area contributed by atoms with Gasteiger partial charge in [-0.15, -0.1) is 0 Å². The molecule has 0 spiro atoms. The van der Waals surface area contributed by atoms with Crippen LogP contribution in [0.25, 0.3) is 0 Å². The molecule has 1 atom stereocenters. The minimum absolute atomic E-state index is 0.0519. The van der Waals surface area contributed by atoms with Gasteiger partial charge in [-0.2, -0.15) is 0 Å². The molecule has 1 unspecified atom stereocenters. The Hall–Kier alpha value is -2.68. The average Bonchev–Trinajstić information content (AvgIpc) is 2.92. The van der Waals surface area contributed by atoms with Crippen LogP contribution < -0.4 is 11.2 Å². The van der Waals surface area contributed by atoms with Gasteiger partial charge in [0, 0.05) is 24.5 Å². The maximum Gasteiger partial charge on any atom is 0.326 e. The molecule has 0 radical (unpaired) electrons. The van der Waals surface area contributed by atoms with E-state index in [9.17, 15) is 14.4 Å². The molecule has 3 rings (SSSR count). The first-order chi connectivity index (χ1) is 10.5. The predicted octanol–water partition coefficient (Wildman–Crippen LogP) is -0.692. The molecule has 1 amide bonds. The number of hydrogen-bond donors (Lipinski definition) is 3. The largest absolute Gasteiger partial charge is 0.377 e. The number of nitrogens with zero attached hydrogens (tertiary/aromatic N) is 2. The zero-order valence-electron chi connectivity index (χ0n) is 11.9. The van der Waals surface area contributed by atoms with Crippen LogP contribution in [0.3, 0.4) is 0 Å². The van der Waals surface area contributed by atoms with Crippen molar-refractivity contribution in [3.8, 4) is 0 Å². The van der Waals surface area contributed by atoms with Crippen molar-refractivity contribution < 1.29 is 9.53 Å². The van der Waals surface area contributed by atoms with Crippen LogP contribution >= 0.6 is 0 Å². The van der Waals surface area contributed by atoms with Gasteiger partial charge in [-0.3, -0.25) is 14.6 Å². The fraction of sp³-hybridized carbons (Fsp3) is 0.385. The fourth-order valence-electron chi connectivity index (χ4n) is 2.41. The van der Waals surface area contributed by atoms with Crippen LogP contribution in [0.4, 0.5) is 0 Å². The number of morpholine rings is 1. The Balaban J connectivity index is 1.94. The standard InChI is InChI=1S/C13H15N5O4/c1-7-5-14-11(15-7)9-6-22-3-2-18(9)12(20)8-4-10(19)17-13(21)16-8/h4-5,9H,2-3,6H2,1H3,(H,14,15)(H2,16,17,19,21). The van der Waals surface area contributed by atoms with Crippen molar-refractivity contribution in [2.75, 3.05) is 19.8 Å². The number of carbonyl (C=O) groups is 1. The second kappa shape index (κ2) is 5.60. The van der Waals surface area contributed by atoms with Crippen molar-refractivity contribution in [2.24, 2.45) is 0 Å². The number of aromatic nitrogens is 4. The van der Waals surface area contributed by atoms with Crippen molar-refractivity contribution in [1.29, 1.82) is 0 Å². The zero-order valence-corrected chi connectivity index (χ0v) is 11.9. The fourth-order valence-corrected chi connectivity index (χ4v) is 2.41. The lowest BCUT2D eigenvalue weighted by Crippen LogP contribution is -2.45. The molecular weight excluding hydrogens is 290 g/mol. The van der Waals surface area contributed by atoms with E-state index in [2.05, 4.69) is 15.0 Å². The quantitative estimate of drug-likeness (QED) is 0.677. The Labute approximate surface area is 124 Å². The molecule has 1 saturated heterocycles. The van der Waals surface area contributed by atoms with Gasteiger partial charge < -0.3 is 19.6 Å². The van der Waals surface area contributed by atoms with E-state index in [1.807, 2.05) is 11.9 Å². The maximum atomic E-state index is 12.6. The number of nitrogens with one attached hydrogen (secondary N) is 3. The second-order valence-corrected chi connectivity index (χ2v) is 5.04. The van der Waals surface area contributed by atoms with Crippen LogP contribution in [0.1, 0.15) is 28.0 Å². The normalized spacial score (nSPS) is 18.4. The molecule has 2 aromatic rings. The third kappa shape index (κ3) is 2.70. The van der Waals surface area contributed by atoms with Crippen LogP contribution in [0.2, 0.25) is 0 Å². The lowest BCUT2D eigenvalue weighted by atomic mass is 10.2. The molecule has 22 heavy (non-hydrogen) atoms. The highest BCUT2D eigenvalue weighted by atomic mass is 16.5. The van der Waals surface area contributed by atoms with Gasteiger partial charge in [0.1, 0.15) is 17.6 Å². The number of amides is 1. The second-order valence-electron chi connectivity index (χ2n) is 5.04. The Morgan fingerprint density at radius 1 is 1.36 bits per heavy atom. The topological polar surface area (TPSA) is 124 Å². The maximum absolute atomic E-state index is 12.6. The van der Waals surface area contributed by atoms with Gasteiger partial charge in [-0.1, -0.05) is 0 Å². The van der Waals surface area contributed by atoms with Gasteiger partial charge in [-0.05, 0) is 6.92 Å². The number of carbonyl (C=O) groups excluding carboxylic acids is 1. The first-order valence-corrected chi connectivity index (χ1v) is 6.78. The molecule has 0 aromatic carbocycles. The van der Waals surface area contributed by atoms with E-state index >= 15 is 0 Å². The molecular formula is C13H15N5O4. The summed E-state index contributed by atoms with van der Waals surface area (Å²) in [6, 6.07) is 0.682. The lowest BCUT2D eigenvalue weighted by molar-refractivity contribution is -0.00535. The summed E-state index contributed by atoms with van der Waals surface area (Å²) in [6.07, 6.45) is 1.67. The monoisotopic (exact) mass is 305 g/mol. The number of H-pyrrole nitrogens is 3. The van der Waals surface area contributed by atoms with Crippen LogP contribution in [-0.2, 0) is 4.74 Å². The van der Waals surface area contributed by atoms with Crippen molar-refractivity contribution in [2.45, 2.75) is 13.0 Å². The molecule has 1 fully saturated rings. The van der Waals surface area contributed by atoms with E-state index in [1.165, 1.54) is 4.90 Å². The summed E-state index contributed by atoms with van der Waals surface area (Å²) < 4.78 is 5.42. The summed E-state index contributed by atoms with van der Waals surface area (Å²) in [5.74, 6) is 0.170. The molecule has 0 bridgehead atoms. The molecule has 1 aliphatic heterocycles. The minimum Gasteiger partial charge on any atom is -0.377 e. The van der Waals surface area contributed by atoms with Gasteiger partial charge in [0.05, 0.1) is 13.2 Å². The van der Waals surface area contributed by atoms with Crippen LogP contribution in [0, 0.1) is 6.92 Å². The van der Waals surface area contributed by atoms with Crippen LogP contribution in [0.15, 0.2) is 21.9 Å². The van der Waals surface area contributed by atoms with Gasteiger partial charge in [0.2, 0.25) is 0 Å². The van der Waals surface area contributed by atoms with Crippen LogP contribution in [0.5, 0.6) is 0 Å². The summed E-state index contributed by atoms with van der Waals surface area (Å²) in [5, 5.41) is 0. The van der Waals surface area contributed by atoms with Gasteiger partial charge in [0.15, 0.2) is 0 Å². The predicted molar refractivity (Wildman–Crippen MR) is 75.6 cm³/mol. The number of imidazole rings is 1. The minimum atomic E-state index is -0.713. The average molecular weight is 305 g/mol. The van der Waals surface area contributed by atoms with Crippen molar-refractivity contribution in [3.05, 3.63) is 50.3 Å². The Bertz CT molecular complexity index is 777. The van der Waals surface area contributed by atoms with Crippen molar-refractivity contribution in [1.82, 2.24) is 24.8 Å². The van der Waals surface area contributed by atoms with E-state index in [4.69, 9.17) is 4.74 Å². The van der Waals surface area contributed by atoms with E-state index < -0.39 is 23.2 Å². The van der Waals surface area contributed by atoms with Crippen LogP contribution in [-0.4, -0.2) is 50.5 Å². The van der Waals surface area contributed by atoms with Gasteiger partial charge >= 0.3 is 5.69 Å². The molecule has 0 aliphatic carbocycles. The van der Waals surface area contributed by atoms with Gasteiger partial charge in [0.25, 0.3) is 11.5 Å². The third-order valence-electron chi connectivity index (χ3n) is 3.42. The van der Waals surface area contributed by atoms with E-state index in [0.29, 0.717) is 25.6 Å². The van der Waals surface area contributed by atoms with Crippen molar-refractivity contribution >= 4 is 5.91 Å². The molecule has 2 aromatic heterocycles. The SMILES string of the molecule is Cc1cnc(C2COCCN2C(=O)c2cc(=O)[nH]c(=O)[nH]2)[nH]1. The molecule has 9 heteroatoms. The molecule has 116 valence electrons. The highest BCUT2D eigenvalue weighted by Crippen LogP contribution is 2.23. The first-order valence-electron chi connectivity index (χ1n) is 6.78. The first kappa shape index (κ1) is 14.3. The summed E-state index contributed by atoms with van der Waals surface area (Å²) >= 11 is 0. The number of ether oxygens (including phenoxy) is 1. The summed E-state index contributed by atoms with van der Waals surface area (Å²) in [7, 11) is 0. The molecule has 1 aliphatic rings. The van der Waals surface area contributed by atoms with E-state index in [0.717, 1.165) is 11.8 Å². The molecule has 9 nitrogen and oxygen atoms in total. The van der Waals surface area contributed by atoms with E-state index in [1.54, 1.807) is 6.20 Å².